The van der Waals surface area contributed by atoms with Gasteiger partial charge in [0.2, 0.25) is 10.0 Å². The van der Waals surface area contributed by atoms with Crippen LogP contribution >= 0.6 is 0 Å². The molecule has 2 N–H and O–H groups in total. The van der Waals surface area contributed by atoms with Crippen molar-refractivity contribution in [3.05, 3.63) is 48.3 Å². The number of amides is 2. The minimum absolute atomic E-state index is 0.0265. The van der Waals surface area contributed by atoms with E-state index in [4.69, 9.17) is 14.2 Å². The van der Waals surface area contributed by atoms with Gasteiger partial charge in [-0.25, -0.2) is 8.42 Å². The number of ether oxygens (including phenoxy) is 3. The number of carbonyl (C=O) groups excluding carboxylic acids is 2. The van der Waals surface area contributed by atoms with Gasteiger partial charge in [0.05, 0.1) is 18.0 Å². The second-order valence-corrected chi connectivity index (χ2v) is 8.89. The lowest BCUT2D eigenvalue weighted by Gasteiger charge is -2.24. The van der Waals surface area contributed by atoms with E-state index in [2.05, 4.69) is 15.6 Å². The fourth-order valence-electron chi connectivity index (χ4n) is 3.28. The number of nitrogens with zero attached hydrogens (tertiary/aromatic N) is 2. The van der Waals surface area contributed by atoms with Crippen molar-refractivity contribution < 1.29 is 32.2 Å². The molecule has 0 spiro atoms. The zero-order chi connectivity index (χ0) is 22.6. The minimum Gasteiger partial charge on any atom is -0.486 e. The lowest BCUT2D eigenvalue weighted by atomic mass is 10.3. The molecule has 1 atom stereocenters. The predicted molar refractivity (Wildman–Crippen MR) is 110 cm³/mol. The van der Waals surface area contributed by atoms with Crippen molar-refractivity contribution in [2.24, 2.45) is 0 Å². The molecule has 2 aromatic rings. The van der Waals surface area contributed by atoms with E-state index in [-0.39, 0.29) is 31.1 Å². The molecule has 2 aliphatic heterocycles. The second-order valence-electron chi connectivity index (χ2n) is 6.99. The van der Waals surface area contributed by atoms with Crippen molar-refractivity contribution in [2.75, 3.05) is 32.9 Å². The van der Waals surface area contributed by atoms with Crippen molar-refractivity contribution in [1.82, 2.24) is 19.9 Å². The number of sulfonamides is 1. The molecule has 2 aliphatic rings. The maximum atomic E-state index is 13.1. The van der Waals surface area contributed by atoms with Crippen LogP contribution in [0.2, 0.25) is 0 Å². The van der Waals surface area contributed by atoms with E-state index in [9.17, 15) is 18.0 Å². The Balaban J connectivity index is 1.36. The summed E-state index contributed by atoms with van der Waals surface area (Å²) < 4.78 is 43.8. The van der Waals surface area contributed by atoms with Crippen molar-refractivity contribution in [2.45, 2.75) is 17.7 Å². The van der Waals surface area contributed by atoms with E-state index >= 15 is 0 Å². The first kappa shape index (κ1) is 22.0. The van der Waals surface area contributed by atoms with Crippen molar-refractivity contribution in [1.29, 1.82) is 0 Å². The maximum Gasteiger partial charge on any atom is 0.309 e. The van der Waals surface area contributed by atoms with Gasteiger partial charge in [0.15, 0.2) is 11.5 Å². The Morgan fingerprint density at radius 3 is 2.50 bits per heavy atom. The Morgan fingerprint density at radius 2 is 1.72 bits per heavy atom. The smallest absolute Gasteiger partial charge is 0.309 e. The Bertz CT molecular complexity index is 1090. The van der Waals surface area contributed by atoms with Crippen molar-refractivity contribution >= 4 is 21.8 Å². The third-order valence-electron chi connectivity index (χ3n) is 4.91. The van der Waals surface area contributed by atoms with Gasteiger partial charge in [0.1, 0.15) is 19.4 Å². The molecule has 32 heavy (non-hydrogen) atoms. The first-order valence-corrected chi connectivity index (χ1v) is 11.4. The summed E-state index contributed by atoms with van der Waals surface area (Å²) in [4.78, 5) is 28.0. The number of carbonyl (C=O) groups is 2. The number of benzene rings is 1. The second kappa shape index (κ2) is 9.51. The van der Waals surface area contributed by atoms with Crippen LogP contribution in [0.5, 0.6) is 11.5 Å². The highest BCUT2D eigenvalue weighted by atomic mass is 32.2. The molecule has 0 aliphatic carbocycles. The molecule has 1 unspecified atom stereocenters. The zero-order valence-electron chi connectivity index (χ0n) is 17.0. The molecule has 170 valence electrons. The molecule has 12 heteroatoms. The van der Waals surface area contributed by atoms with Gasteiger partial charge in [-0.05, 0) is 29.8 Å². The van der Waals surface area contributed by atoms with Crippen LogP contribution in [0.15, 0.2) is 47.6 Å². The Morgan fingerprint density at radius 1 is 1.00 bits per heavy atom. The summed E-state index contributed by atoms with van der Waals surface area (Å²) in [6.45, 7) is 1.01. The van der Waals surface area contributed by atoms with Gasteiger partial charge in [-0.2, -0.15) is 4.31 Å². The summed E-state index contributed by atoms with van der Waals surface area (Å²) in [5.74, 6) is -0.880. The van der Waals surface area contributed by atoms with Gasteiger partial charge in [0, 0.05) is 31.5 Å². The Kier molecular flexibility index (Phi) is 6.53. The SMILES string of the molecule is O=C(NCc1ccncc1)C(=O)NCC1OCCN1S(=O)(=O)c1ccc2c(c1)OCCO2. The molecule has 1 saturated heterocycles. The molecule has 0 saturated carbocycles. The van der Waals surface area contributed by atoms with Crippen molar-refractivity contribution in [3.63, 3.8) is 0 Å². The summed E-state index contributed by atoms with van der Waals surface area (Å²) >= 11 is 0. The fraction of sp³-hybridized carbons (Fsp3) is 0.350. The molecule has 2 amide bonds. The highest BCUT2D eigenvalue weighted by Gasteiger charge is 2.37. The summed E-state index contributed by atoms with van der Waals surface area (Å²) in [7, 11) is -3.92. The first-order valence-electron chi connectivity index (χ1n) is 9.93. The zero-order valence-corrected chi connectivity index (χ0v) is 17.8. The molecule has 11 nitrogen and oxygen atoms in total. The lowest BCUT2D eigenvalue weighted by Crippen LogP contribution is -2.47. The van der Waals surface area contributed by atoms with Crippen LogP contribution in [0.4, 0.5) is 0 Å². The molecule has 1 fully saturated rings. The van der Waals surface area contributed by atoms with Crippen molar-refractivity contribution in [3.8, 4) is 11.5 Å². The highest BCUT2D eigenvalue weighted by Crippen LogP contribution is 2.34. The Labute approximate surface area is 184 Å². The van der Waals surface area contributed by atoms with E-state index in [1.165, 1.54) is 12.1 Å². The maximum absolute atomic E-state index is 13.1. The standard InChI is InChI=1S/C20H22N4O7S/c25-19(22-12-14-3-5-21-6-4-14)20(26)23-13-18-24(7-8-31-18)32(27,28)15-1-2-16-17(11-15)30-10-9-29-16/h1-6,11,18H,7-10,12-13H2,(H,22,25)(H,23,26). The first-order chi connectivity index (χ1) is 15.4. The third-order valence-corrected chi connectivity index (χ3v) is 6.79. The van der Waals surface area contributed by atoms with Gasteiger partial charge in [0.25, 0.3) is 0 Å². The normalized spacial score (nSPS) is 18.2. The van der Waals surface area contributed by atoms with E-state index in [1.807, 2.05) is 0 Å². The molecule has 0 radical (unpaired) electrons. The number of hydrogen-bond donors (Lipinski definition) is 2. The summed E-state index contributed by atoms with van der Waals surface area (Å²) in [5, 5.41) is 4.92. The quantitative estimate of drug-likeness (QED) is 0.555. The van der Waals surface area contributed by atoms with Gasteiger partial charge >= 0.3 is 11.8 Å². The molecule has 3 heterocycles. The fourth-order valence-corrected chi connectivity index (χ4v) is 4.81. The number of fused-ring (bicyclic) bond motifs is 1. The van der Waals surface area contributed by atoms with Gasteiger partial charge in [-0.15, -0.1) is 0 Å². The Hall–Kier alpha value is -3.22. The van der Waals surface area contributed by atoms with E-state index in [1.54, 1.807) is 30.6 Å². The van der Waals surface area contributed by atoms with Crippen LogP contribution < -0.4 is 20.1 Å². The van der Waals surface area contributed by atoms with Crippen LogP contribution in [0, 0.1) is 0 Å². The largest absolute Gasteiger partial charge is 0.486 e. The van der Waals surface area contributed by atoms with E-state index in [0.29, 0.717) is 24.7 Å². The topological polar surface area (TPSA) is 136 Å². The highest BCUT2D eigenvalue weighted by molar-refractivity contribution is 7.89. The number of hydrogen-bond acceptors (Lipinski definition) is 8. The number of aromatic nitrogens is 1. The molecular formula is C20H22N4O7S. The number of rotatable bonds is 6. The third kappa shape index (κ3) is 4.82. The molecule has 1 aromatic carbocycles. The average Bonchev–Trinajstić information content (AvgIpc) is 3.31. The summed E-state index contributed by atoms with van der Waals surface area (Å²) in [6, 6.07) is 7.81. The molecule has 1 aromatic heterocycles. The van der Waals surface area contributed by atoms with Crippen LogP contribution in [-0.4, -0.2) is 68.7 Å². The monoisotopic (exact) mass is 462 g/mol. The minimum atomic E-state index is -3.92. The van der Waals surface area contributed by atoms with Crippen LogP contribution in [0.25, 0.3) is 0 Å². The summed E-state index contributed by atoms with van der Waals surface area (Å²) in [6.07, 6.45) is 2.22. The van der Waals surface area contributed by atoms with Crippen LogP contribution in [0.1, 0.15) is 5.56 Å². The molecule has 4 rings (SSSR count). The summed E-state index contributed by atoms with van der Waals surface area (Å²) in [5.41, 5.74) is 0.789. The average molecular weight is 462 g/mol. The van der Waals surface area contributed by atoms with E-state index in [0.717, 1.165) is 9.87 Å². The van der Waals surface area contributed by atoms with Gasteiger partial charge < -0.3 is 24.8 Å². The van der Waals surface area contributed by atoms with Crippen LogP contribution in [-0.2, 0) is 30.9 Å². The van der Waals surface area contributed by atoms with Gasteiger partial charge in [-0.3, -0.25) is 14.6 Å². The van der Waals surface area contributed by atoms with Gasteiger partial charge in [-0.1, -0.05) is 0 Å². The van der Waals surface area contributed by atoms with E-state index < -0.39 is 28.1 Å². The molecule has 0 bridgehead atoms. The lowest BCUT2D eigenvalue weighted by molar-refractivity contribution is -0.139. The number of nitrogens with one attached hydrogen (secondary N) is 2. The number of pyridine rings is 1. The molecular weight excluding hydrogens is 440 g/mol. The van der Waals surface area contributed by atoms with Crippen LogP contribution in [0.3, 0.4) is 0 Å². The predicted octanol–water partition coefficient (Wildman–Crippen LogP) is -0.368.